The van der Waals surface area contributed by atoms with E-state index in [9.17, 15) is 26.4 Å². The molecule has 0 aromatic heterocycles. The maximum absolute atomic E-state index is 13.1. The molecule has 2 aromatic rings. The van der Waals surface area contributed by atoms with Crippen LogP contribution in [0, 0.1) is 5.92 Å². The molecule has 5 nitrogen and oxygen atoms in total. The number of halogens is 4. The Labute approximate surface area is 194 Å². The van der Waals surface area contributed by atoms with E-state index in [-0.39, 0.29) is 22.1 Å². The van der Waals surface area contributed by atoms with Gasteiger partial charge >= 0.3 is 6.18 Å². The number of thioether (sulfide) groups is 1. The minimum Gasteiger partial charge on any atom is -0.339 e. The number of alkyl halides is 3. The van der Waals surface area contributed by atoms with Gasteiger partial charge in [0.15, 0.2) is 0 Å². The van der Waals surface area contributed by atoms with Gasteiger partial charge in [0, 0.05) is 23.7 Å². The predicted octanol–water partition coefficient (Wildman–Crippen LogP) is 5.75. The first kappa shape index (κ1) is 24.7. The normalized spacial score (nSPS) is 15.6. The number of hydrogen-bond acceptors (Lipinski definition) is 4. The van der Waals surface area contributed by atoms with Gasteiger partial charge < -0.3 is 4.90 Å². The van der Waals surface area contributed by atoms with Crippen molar-refractivity contribution in [3.05, 3.63) is 52.5 Å². The van der Waals surface area contributed by atoms with E-state index in [1.807, 2.05) is 0 Å². The number of rotatable bonds is 5. The zero-order valence-electron chi connectivity index (χ0n) is 17.4. The minimum absolute atomic E-state index is 0.215. The monoisotopic (exact) mass is 506 g/mol. The summed E-state index contributed by atoms with van der Waals surface area (Å²) in [5.74, 6) is 0.264. The molecule has 2 aromatic carbocycles. The Kier molecular flexibility index (Phi) is 7.36. The molecule has 1 N–H and O–H groups in total. The van der Waals surface area contributed by atoms with Gasteiger partial charge in [0.2, 0.25) is 0 Å². The van der Waals surface area contributed by atoms with Crippen molar-refractivity contribution >= 4 is 45.0 Å². The fraction of sp³-hybridized carbons (Fsp3) is 0.381. The van der Waals surface area contributed by atoms with Crippen molar-refractivity contribution in [3.63, 3.8) is 0 Å². The lowest BCUT2D eigenvalue weighted by molar-refractivity contribution is -0.137. The van der Waals surface area contributed by atoms with Gasteiger partial charge in [-0.25, -0.2) is 8.42 Å². The van der Waals surface area contributed by atoms with Crippen molar-refractivity contribution in [2.45, 2.75) is 35.7 Å². The number of anilines is 1. The highest BCUT2D eigenvalue weighted by Crippen LogP contribution is 2.36. The molecule has 0 radical (unpaired) electrons. The van der Waals surface area contributed by atoms with Crippen LogP contribution >= 0.6 is 23.4 Å². The summed E-state index contributed by atoms with van der Waals surface area (Å²) in [5, 5.41) is -0.534. The first-order valence-corrected chi connectivity index (χ1v) is 12.9. The summed E-state index contributed by atoms with van der Waals surface area (Å²) in [6.07, 6.45) is -1.21. The fourth-order valence-electron chi connectivity index (χ4n) is 3.42. The lowest BCUT2D eigenvalue weighted by Gasteiger charge is -2.30. The molecule has 3 rings (SSSR count). The van der Waals surface area contributed by atoms with Crippen molar-refractivity contribution in [2.75, 3.05) is 24.1 Å². The molecule has 1 fully saturated rings. The molecular weight excluding hydrogens is 485 g/mol. The average Bonchev–Trinajstić information content (AvgIpc) is 2.73. The Hall–Kier alpha value is -1.91. The SMILES string of the molecule is CSc1ccc(S(=O)(=O)Nc2ccc(Cl)c(C(F)(F)F)c2)cc1C(=O)N1CCC(C)CC1. The predicted molar refractivity (Wildman–Crippen MR) is 120 cm³/mol. The lowest BCUT2D eigenvalue weighted by atomic mass is 9.98. The number of likely N-dealkylation sites (tertiary alicyclic amines) is 1. The van der Waals surface area contributed by atoms with Gasteiger partial charge in [0.1, 0.15) is 0 Å². The van der Waals surface area contributed by atoms with Crippen LogP contribution in [0.4, 0.5) is 18.9 Å². The molecule has 0 spiro atoms. The number of benzene rings is 2. The van der Waals surface area contributed by atoms with E-state index >= 15 is 0 Å². The quantitative estimate of drug-likeness (QED) is 0.524. The van der Waals surface area contributed by atoms with Crippen LogP contribution in [-0.2, 0) is 16.2 Å². The second-order valence-electron chi connectivity index (χ2n) is 7.63. The number of nitrogens with one attached hydrogen (secondary N) is 1. The molecule has 1 aliphatic rings. The maximum atomic E-state index is 13.1. The number of carbonyl (C=O) groups excluding carboxylic acids is 1. The van der Waals surface area contributed by atoms with Gasteiger partial charge in [-0.15, -0.1) is 11.8 Å². The zero-order chi connectivity index (χ0) is 23.7. The van der Waals surface area contributed by atoms with Crippen LogP contribution in [-0.4, -0.2) is 38.6 Å². The number of piperidine rings is 1. The van der Waals surface area contributed by atoms with Crippen LogP contribution in [0.25, 0.3) is 0 Å². The van der Waals surface area contributed by atoms with Gasteiger partial charge in [-0.1, -0.05) is 18.5 Å². The molecule has 0 bridgehead atoms. The highest BCUT2D eigenvalue weighted by atomic mass is 35.5. The second-order valence-corrected chi connectivity index (χ2v) is 10.6. The summed E-state index contributed by atoms with van der Waals surface area (Å²) in [6, 6.07) is 6.88. The molecule has 0 saturated carbocycles. The number of sulfonamides is 1. The molecule has 0 atom stereocenters. The van der Waals surface area contributed by atoms with Crippen LogP contribution in [0.1, 0.15) is 35.7 Å². The Balaban J connectivity index is 1.92. The van der Waals surface area contributed by atoms with Crippen LogP contribution < -0.4 is 4.72 Å². The van der Waals surface area contributed by atoms with Crippen molar-refractivity contribution in [1.82, 2.24) is 4.90 Å². The van der Waals surface area contributed by atoms with E-state index in [0.717, 1.165) is 25.0 Å². The summed E-state index contributed by atoms with van der Waals surface area (Å²) in [7, 11) is -4.25. The molecule has 32 heavy (non-hydrogen) atoms. The summed E-state index contributed by atoms with van der Waals surface area (Å²) in [4.78, 5) is 15.2. The highest BCUT2D eigenvalue weighted by molar-refractivity contribution is 7.98. The van der Waals surface area contributed by atoms with E-state index in [2.05, 4.69) is 11.6 Å². The number of amides is 1. The van der Waals surface area contributed by atoms with E-state index in [0.29, 0.717) is 30.0 Å². The minimum atomic E-state index is -4.73. The number of carbonyl (C=O) groups is 1. The van der Waals surface area contributed by atoms with E-state index in [1.54, 1.807) is 11.2 Å². The van der Waals surface area contributed by atoms with Crippen molar-refractivity contribution < 1.29 is 26.4 Å². The third-order valence-electron chi connectivity index (χ3n) is 5.31. The first-order valence-electron chi connectivity index (χ1n) is 9.79. The molecule has 1 saturated heterocycles. The summed E-state index contributed by atoms with van der Waals surface area (Å²) >= 11 is 6.91. The van der Waals surface area contributed by atoms with Crippen LogP contribution in [0.15, 0.2) is 46.2 Å². The Morgan fingerprint density at radius 2 is 1.81 bits per heavy atom. The first-order chi connectivity index (χ1) is 14.9. The third kappa shape index (κ3) is 5.52. The highest BCUT2D eigenvalue weighted by Gasteiger charge is 2.34. The smallest absolute Gasteiger partial charge is 0.339 e. The van der Waals surface area contributed by atoms with E-state index in [1.165, 1.54) is 30.0 Å². The third-order valence-corrected chi connectivity index (χ3v) is 7.81. The summed E-state index contributed by atoms with van der Waals surface area (Å²) in [6.45, 7) is 3.30. The van der Waals surface area contributed by atoms with Crippen LogP contribution in [0.2, 0.25) is 5.02 Å². The van der Waals surface area contributed by atoms with Crippen LogP contribution in [0.5, 0.6) is 0 Å². The Morgan fingerprint density at radius 1 is 1.16 bits per heavy atom. The van der Waals surface area contributed by atoms with E-state index in [4.69, 9.17) is 11.6 Å². The molecule has 0 unspecified atom stereocenters. The van der Waals surface area contributed by atoms with Crippen molar-refractivity contribution in [2.24, 2.45) is 5.92 Å². The molecule has 1 heterocycles. The second kappa shape index (κ2) is 9.52. The van der Waals surface area contributed by atoms with Gasteiger partial charge in [-0.3, -0.25) is 9.52 Å². The van der Waals surface area contributed by atoms with Gasteiger partial charge in [-0.05, 0) is 61.4 Å². The zero-order valence-corrected chi connectivity index (χ0v) is 19.8. The molecule has 174 valence electrons. The van der Waals surface area contributed by atoms with Crippen molar-refractivity contribution in [3.8, 4) is 0 Å². The van der Waals surface area contributed by atoms with Crippen molar-refractivity contribution in [1.29, 1.82) is 0 Å². The largest absolute Gasteiger partial charge is 0.417 e. The standard InChI is InChI=1S/C21H22ClF3N2O3S2/c1-13-7-9-27(10-8-13)20(28)16-12-15(4-6-19(16)31-2)32(29,30)26-14-3-5-18(22)17(11-14)21(23,24)25/h3-6,11-13,26H,7-10H2,1-2H3. The summed E-state index contributed by atoms with van der Waals surface area (Å²) in [5.41, 5.74) is -1.18. The molecule has 0 aliphatic carbocycles. The molecular formula is C21H22ClF3N2O3S2. The van der Waals surface area contributed by atoms with Gasteiger partial charge in [-0.2, -0.15) is 13.2 Å². The molecule has 11 heteroatoms. The average molecular weight is 507 g/mol. The van der Waals surface area contributed by atoms with Crippen LogP contribution in [0.3, 0.4) is 0 Å². The fourth-order valence-corrected chi connectivity index (χ4v) is 5.29. The Bertz CT molecular complexity index is 1120. The Morgan fingerprint density at radius 3 is 2.41 bits per heavy atom. The number of hydrogen-bond donors (Lipinski definition) is 1. The maximum Gasteiger partial charge on any atom is 0.417 e. The van der Waals surface area contributed by atoms with Gasteiger partial charge in [0.25, 0.3) is 15.9 Å². The van der Waals surface area contributed by atoms with E-state index < -0.39 is 26.8 Å². The molecule has 1 amide bonds. The van der Waals surface area contributed by atoms with Gasteiger partial charge in [0.05, 0.1) is 21.0 Å². The number of nitrogens with zero attached hydrogens (tertiary/aromatic N) is 1. The lowest BCUT2D eigenvalue weighted by Crippen LogP contribution is -2.38. The topological polar surface area (TPSA) is 66.5 Å². The summed E-state index contributed by atoms with van der Waals surface area (Å²) < 4.78 is 67.2. The molecule has 1 aliphatic heterocycles.